The molecule has 0 saturated carbocycles. The zero-order valence-corrected chi connectivity index (χ0v) is 29.1. The van der Waals surface area contributed by atoms with Gasteiger partial charge in [0, 0.05) is 0 Å². The van der Waals surface area contributed by atoms with Gasteiger partial charge in [0.15, 0.2) is 11.4 Å². The summed E-state index contributed by atoms with van der Waals surface area (Å²) in [6, 6.07) is 24.4. The molecule has 0 spiro atoms. The molecular formula is C36H28Cl2N8O6. The number of nitrogens with zero attached hydrogens (tertiary/aromatic N) is 8. The number of anilines is 2. The Labute approximate surface area is 307 Å². The molecule has 0 radical (unpaired) electrons. The van der Waals surface area contributed by atoms with Crippen LogP contribution in [0.1, 0.15) is 13.8 Å². The average Bonchev–Trinajstić information content (AvgIpc) is 3.67. The van der Waals surface area contributed by atoms with E-state index in [1.165, 1.54) is 0 Å². The average molecular weight is 740 g/mol. The maximum absolute atomic E-state index is 13.3. The Morgan fingerprint density at radius 3 is 1.37 bits per heavy atom. The van der Waals surface area contributed by atoms with Gasteiger partial charge >= 0.3 is 11.9 Å². The highest BCUT2D eigenvalue weighted by atomic mass is 35.5. The van der Waals surface area contributed by atoms with E-state index >= 15 is 0 Å². The summed E-state index contributed by atoms with van der Waals surface area (Å²) >= 11 is 13.2. The Hall–Kier alpha value is -6.12. The van der Waals surface area contributed by atoms with E-state index < -0.39 is 35.8 Å². The van der Waals surface area contributed by atoms with Crippen molar-refractivity contribution in [3.8, 4) is 11.1 Å². The molecule has 0 bridgehead atoms. The summed E-state index contributed by atoms with van der Waals surface area (Å²) in [6.45, 7) is 3.45. The van der Waals surface area contributed by atoms with Crippen molar-refractivity contribution in [2.75, 3.05) is 23.2 Å². The summed E-state index contributed by atoms with van der Waals surface area (Å²) in [7, 11) is 0. The second-order valence-corrected chi connectivity index (χ2v) is 11.8. The topological polar surface area (TPSA) is 167 Å². The van der Waals surface area contributed by atoms with Gasteiger partial charge in [0.1, 0.15) is 11.4 Å². The maximum atomic E-state index is 13.3. The smallest absolute Gasteiger partial charge is 0.357 e. The van der Waals surface area contributed by atoms with E-state index in [1.54, 1.807) is 111 Å². The fourth-order valence-electron chi connectivity index (χ4n) is 5.10. The number of esters is 2. The molecule has 2 atom stereocenters. The number of amides is 2. The lowest BCUT2D eigenvalue weighted by molar-refractivity contribution is -0.136. The van der Waals surface area contributed by atoms with Crippen molar-refractivity contribution in [1.29, 1.82) is 0 Å². The van der Waals surface area contributed by atoms with E-state index in [-0.39, 0.29) is 46.1 Å². The lowest BCUT2D eigenvalue weighted by Crippen LogP contribution is -2.33. The van der Waals surface area contributed by atoms with Gasteiger partial charge in [0.05, 0.1) is 34.6 Å². The molecule has 6 rings (SSSR count). The van der Waals surface area contributed by atoms with Gasteiger partial charge in [-0.15, -0.1) is 0 Å². The summed E-state index contributed by atoms with van der Waals surface area (Å²) in [5, 5.41) is 27.6. The molecule has 4 aromatic carbocycles. The van der Waals surface area contributed by atoms with Gasteiger partial charge in [-0.3, -0.25) is 9.59 Å². The number of hydrogen-bond acceptors (Lipinski definition) is 12. The SMILES string of the molecule is CCOC(=O)C1=NN(c2ccccc2)C(=O)C1N=Nc1ccc(-c2ccc(N=NC3C(=O)N(c4ccccc4)N=C3C(=O)OCC)c(Cl)c2)cc1Cl. The van der Waals surface area contributed by atoms with Crippen molar-refractivity contribution < 1.29 is 28.7 Å². The minimum Gasteiger partial charge on any atom is -0.461 e. The Bertz CT molecular complexity index is 2010. The second kappa shape index (κ2) is 15.8. The van der Waals surface area contributed by atoms with Crippen LogP contribution in [0, 0.1) is 0 Å². The number of carbonyl (C=O) groups excluding carboxylic acids is 4. The van der Waals surface area contributed by atoms with Gasteiger partial charge in [0.2, 0.25) is 12.1 Å². The van der Waals surface area contributed by atoms with Gasteiger partial charge in [0.25, 0.3) is 11.8 Å². The summed E-state index contributed by atoms with van der Waals surface area (Å²) in [5.74, 6) is -2.71. The van der Waals surface area contributed by atoms with Crippen LogP contribution in [0.15, 0.2) is 128 Å². The molecule has 262 valence electrons. The van der Waals surface area contributed by atoms with E-state index in [2.05, 4.69) is 30.7 Å². The van der Waals surface area contributed by atoms with Crippen molar-refractivity contribution in [2.24, 2.45) is 30.7 Å². The third-order valence-corrected chi connectivity index (χ3v) is 8.19. The van der Waals surface area contributed by atoms with Crippen LogP contribution in [-0.4, -0.2) is 60.5 Å². The van der Waals surface area contributed by atoms with Crippen LogP contribution in [0.3, 0.4) is 0 Å². The lowest BCUT2D eigenvalue weighted by atomic mass is 10.0. The van der Waals surface area contributed by atoms with E-state index in [1.807, 2.05) is 0 Å². The highest BCUT2D eigenvalue weighted by Crippen LogP contribution is 2.36. The van der Waals surface area contributed by atoms with Gasteiger partial charge in [-0.05, 0) is 73.5 Å². The van der Waals surface area contributed by atoms with Crippen LogP contribution in [-0.2, 0) is 28.7 Å². The lowest BCUT2D eigenvalue weighted by Gasteiger charge is -2.12. The Morgan fingerprint density at radius 1 is 0.635 bits per heavy atom. The molecule has 14 nitrogen and oxygen atoms in total. The number of halogens is 2. The molecule has 2 unspecified atom stereocenters. The van der Waals surface area contributed by atoms with Crippen molar-refractivity contribution in [3.05, 3.63) is 107 Å². The number of para-hydroxylation sites is 2. The van der Waals surface area contributed by atoms with Crippen LogP contribution in [0.25, 0.3) is 11.1 Å². The molecule has 52 heavy (non-hydrogen) atoms. The highest BCUT2D eigenvalue weighted by molar-refractivity contribution is 6.46. The molecule has 2 heterocycles. The van der Waals surface area contributed by atoms with Crippen molar-refractivity contribution in [1.82, 2.24) is 0 Å². The Morgan fingerprint density at radius 2 is 1.02 bits per heavy atom. The Kier molecular flexibility index (Phi) is 10.9. The van der Waals surface area contributed by atoms with E-state index in [9.17, 15) is 19.2 Å². The van der Waals surface area contributed by atoms with E-state index in [0.29, 0.717) is 22.5 Å². The molecule has 0 aromatic heterocycles. The third-order valence-electron chi connectivity index (χ3n) is 7.58. The number of hydrogen-bond donors (Lipinski definition) is 0. The number of azo groups is 2. The van der Waals surface area contributed by atoms with Gasteiger partial charge < -0.3 is 9.47 Å². The van der Waals surface area contributed by atoms with Crippen LogP contribution < -0.4 is 10.0 Å². The largest absolute Gasteiger partial charge is 0.461 e. The predicted molar refractivity (Wildman–Crippen MR) is 194 cm³/mol. The first-order valence-electron chi connectivity index (χ1n) is 15.9. The van der Waals surface area contributed by atoms with Crippen molar-refractivity contribution >= 4 is 81.1 Å². The third kappa shape index (κ3) is 7.48. The van der Waals surface area contributed by atoms with Crippen LogP contribution in [0.5, 0.6) is 0 Å². The normalized spacial score (nSPS) is 17.2. The van der Waals surface area contributed by atoms with Crippen LogP contribution >= 0.6 is 23.2 Å². The number of benzene rings is 4. The van der Waals surface area contributed by atoms with Gasteiger partial charge in [-0.2, -0.15) is 40.7 Å². The van der Waals surface area contributed by atoms with E-state index in [0.717, 1.165) is 10.0 Å². The number of carbonyl (C=O) groups is 4. The highest BCUT2D eigenvalue weighted by Gasteiger charge is 2.43. The summed E-state index contributed by atoms with van der Waals surface area (Å²) in [6.07, 6.45) is 0. The van der Waals surface area contributed by atoms with Crippen LogP contribution in [0.4, 0.5) is 22.7 Å². The van der Waals surface area contributed by atoms with Gasteiger partial charge in [-0.25, -0.2) is 9.59 Å². The van der Waals surface area contributed by atoms with Crippen molar-refractivity contribution in [3.63, 3.8) is 0 Å². The summed E-state index contributed by atoms with van der Waals surface area (Å²) < 4.78 is 10.2. The summed E-state index contributed by atoms with van der Waals surface area (Å²) in [5.41, 5.74) is 2.31. The Balaban J connectivity index is 1.19. The quantitative estimate of drug-likeness (QED) is 0.114. The summed E-state index contributed by atoms with van der Waals surface area (Å²) in [4.78, 5) is 51.8. The molecular weight excluding hydrogens is 711 g/mol. The number of rotatable bonds is 11. The first kappa shape index (κ1) is 35.7. The minimum absolute atomic E-state index is 0.0846. The second-order valence-electron chi connectivity index (χ2n) is 11.0. The molecule has 16 heteroatoms. The minimum atomic E-state index is -1.34. The molecule has 2 amide bonds. The van der Waals surface area contributed by atoms with Gasteiger partial charge in [-0.1, -0.05) is 71.7 Å². The maximum Gasteiger partial charge on any atom is 0.357 e. The van der Waals surface area contributed by atoms with E-state index in [4.69, 9.17) is 32.7 Å². The molecule has 2 aliphatic heterocycles. The molecule has 0 saturated heterocycles. The molecule has 2 aliphatic rings. The predicted octanol–water partition coefficient (Wildman–Crippen LogP) is 7.50. The molecule has 0 aliphatic carbocycles. The first-order chi connectivity index (χ1) is 25.2. The fourth-order valence-corrected chi connectivity index (χ4v) is 5.53. The fraction of sp³-hybridized carbons (Fsp3) is 0.167. The molecule has 0 N–H and O–H groups in total. The number of ether oxygens (including phenoxy) is 2. The monoisotopic (exact) mass is 738 g/mol. The first-order valence-corrected chi connectivity index (χ1v) is 16.7. The number of hydrazone groups is 2. The molecule has 4 aromatic rings. The molecule has 0 fully saturated rings. The zero-order valence-electron chi connectivity index (χ0n) is 27.6. The standard InChI is InChI=1S/C36H28Cl2N8O6/c1-3-51-35(49)31-29(33(47)45(43-31)23-11-7-5-8-12-23)41-39-27-17-15-21(19-25(27)37)22-16-18-28(26(38)20-22)40-42-30-32(36(50)52-4-2)44-46(34(30)48)24-13-9-6-10-14-24/h5-20,29-30H,3-4H2,1-2H3. The zero-order chi connectivity index (χ0) is 36.8. The van der Waals surface area contributed by atoms with Crippen molar-refractivity contribution in [2.45, 2.75) is 25.9 Å². The van der Waals surface area contributed by atoms with Crippen LogP contribution in [0.2, 0.25) is 10.0 Å².